The van der Waals surface area contributed by atoms with Crippen LogP contribution in [0, 0.1) is 13.8 Å². The van der Waals surface area contributed by atoms with E-state index in [4.69, 9.17) is 9.72 Å². The van der Waals surface area contributed by atoms with Crippen molar-refractivity contribution in [3.63, 3.8) is 0 Å². The highest BCUT2D eigenvalue weighted by atomic mass is 32.1. The molecule has 0 radical (unpaired) electrons. The Morgan fingerprint density at radius 1 is 1.13 bits per heavy atom. The van der Waals surface area contributed by atoms with E-state index in [0.717, 1.165) is 16.4 Å². The third kappa shape index (κ3) is 2.39. The molecule has 0 aliphatic rings. The van der Waals surface area contributed by atoms with Gasteiger partial charge < -0.3 is 4.74 Å². The van der Waals surface area contributed by atoms with Gasteiger partial charge in [0.05, 0.1) is 22.5 Å². The Labute approximate surface area is 139 Å². The van der Waals surface area contributed by atoms with Crippen molar-refractivity contribution in [1.82, 2.24) is 9.38 Å². The van der Waals surface area contributed by atoms with E-state index in [-0.39, 0.29) is 0 Å². The van der Waals surface area contributed by atoms with Crippen LogP contribution in [0.25, 0.3) is 26.4 Å². The fourth-order valence-corrected chi connectivity index (χ4v) is 4.00. The molecule has 23 heavy (non-hydrogen) atoms. The number of nitrogens with zero attached hydrogens (tertiary/aromatic N) is 2. The molecule has 2 aromatic carbocycles. The van der Waals surface area contributed by atoms with Crippen LogP contribution in [0.2, 0.25) is 0 Å². The fraction of sp³-hybridized carbons (Fsp3) is 0.211. The molecule has 2 aromatic heterocycles. The SMILES string of the molecule is CCOc1ccc2c(c1)sc1nc(-c3ccc(C)cc3C)cn12. The third-order valence-corrected chi connectivity index (χ3v) is 5.05. The second-order valence-corrected chi connectivity index (χ2v) is 6.77. The number of imidazole rings is 1. The normalized spacial score (nSPS) is 11.4. The second kappa shape index (κ2) is 5.39. The molecule has 0 unspecified atom stereocenters. The summed E-state index contributed by atoms with van der Waals surface area (Å²) in [5, 5.41) is 0. The van der Waals surface area contributed by atoms with Crippen LogP contribution < -0.4 is 4.74 Å². The van der Waals surface area contributed by atoms with Crippen molar-refractivity contribution in [1.29, 1.82) is 0 Å². The Bertz CT molecular complexity index is 1010. The average Bonchev–Trinajstić information content (AvgIpc) is 3.04. The summed E-state index contributed by atoms with van der Waals surface area (Å²) in [6, 6.07) is 12.7. The van der Waals surface area contributed by atoms with Gasteiger partial charge in [-0.3, -0.25) is 4.40 Å². The summed E-state index contributed by atoms with van der Waals surface area (Å²) in [5.41, 5.74) is 5.95. The minimum Gasteiger partial charge on any atom is -0.494 e. The Morgan fingerprint density at radius 2 is 2.00 bits per heavy atom. The first-order valence-corrected chi connectivity index (χ1v) is 8.59. The predicted molar refractivity (Wildman–Crippen MR) is 96.7 cm³/mol. The molecule has 0 spiro atoms. The molecule has 116 valence electrons. The number of hydrogen-bond acceptors (Lipinski definition) is 3. The zero-order valence-electron chi connectivity index (χ0n) is 13.5. The lowest BCUT2D eigenvalue weighted by Gasteiger charge is -2.03. The zero-order chi connectivity index (χ0) is 16.0. The van der Waals surface area contributed by atoms with Crippen molar-refractivity contribution in [2.45, 2.75) is 20.8 Å². The van der Waals surface area contributed by atoms with E-state index in [0.29, 0.717) is 6.61 Å². The number of ether oxygens (including phenoxy) is 1. The first-order valence-electron chi connectivity index (χ1n) is 7.78. The molecule has 3 nitrogen and oxygen atoms in total. The topological polar surface area (TPSA) is 26.5 Å². The quantitative estimate of drug-likeness (QED) is 0.516. The highest BCUT2D eigenvalue weighted by molar-refractivity contribution is 7.23. The predicted octanol–water partition coefficient (Wildman–Crippen LogP) is 5.23. The Hall–Kier alpha value is -2.33. The molecule has 0 aliphatic heterocycles. The number of aromatic nitrogens is 2. The average molecular weight is 322 g/mol. The molecule has 0 saturated carbocycles. The largest absolute Gasteiger partial charge is 0.494 e. The molecular weight excluding hydrogens is 304 g/mol. The van der Waals surface area contributed by atoms with Crippen LogP contribution in [0.5, 0.6) is 5.75 Å². The van der Waals surface area contributed by atoms with Gasteiger partial charge >= 0.3 is 0 Å². The van der Waals surface area contributed by atoms with Crippen LogP contribution in [0.3, 0.4) is 0 Å². The maximum absolute atomic E-state index is 5.58. The lowest BCUT2D eigenvalue weighted by molar-refractivity contribution is 0.341. The fourth-order valence-electron chi connectivity index (χ4n) is 2.97. The van der Waals surface area contributed by atoms with E-state index in [2.05, 4.69) is 54.8 Å². The second-order valence-electron chi connectivity index (χ2n) is 5.76. The van der Waals surface area contributed by atoms with Gasteiger partial charge in [0.2, 0.25) is 0 Å². The lowest BCUT2D eigenvalue weighted by atomic mass is 10.0. The number of fused-ring (bicyclic) bond motifs is 3. The van der Waals surface area contributed by atoms with E-state index in [1.165, 1.54) is 26.9 Å². The number of hydrogen-bond donors (Lipinski definition) is 0. The first kappa shape index (κ1) is 14.3. The molecule has 0 fully saturated rings. The third-order valence-electron chi connectivity index (χ3n) is 4.03. The summed E-state index contributed by atoms with van der Waals surface area (Å²) in [6.45, 7) is 6.95. The molecule has 0 saturated heterocycles. The van der Waals surface area contributed by atoms with Gasteiger partial charge in [-0.05, 0) is 44.5 Å². The molecule has 4 aromatic rings. The van der Waals surface area contributed by atoms with E-state index in [1.807, 2.05) is 13.0 Å². The molecule has 0 bridgehead atoms. The molecule has 2 heterocycles. The van der Waals surface area contributed by atoms with Crippen molar-refractivity contribution < 1.29 is 4.74 Å². The molecule has 4 heteroatoms. The molecular formula is C19H18N2OS. The van der Waals surface area contributed by atoms with E-state index in [9.17, 15) is 0 Å². The maximum Gasteiger partial charge on any atom is 0.195 e. The van der Waals surface area contributed by atoms with Gasteiger partial charge in [0.1, 0.15) is 5.75 Å². The monoisotopic (exact) mass is 322 g/mol. The minimum absolute atomic E-state index is 0.685. The highest BCUT2D eigenvalue weighted by Gasteiger charge is 2.12. The van der Waals surface area contributed by atoms with Crippen molar-refractivity contribution in [2.75, 3.05) is 6.61 Å². The van der Waals surface area contributed by atoms with Crippen LogP contribution in [0.1, 0.15) is 18.1 Å². The standard InChI is InChI=1S/C19H18N2OS/c1-4-22-14-6-8-17-18(10-14)23-19-20-16(11-21(17)19)15-7-5-12(2)9-13(15)3/h5-11H,4H2,1-3H3. The summed E-state index contributed by atoms with van der Waals surface area (Å²) < 4.78 is 8.95. The van der Waals surface area contributed by atoms with Crippen LogP contribution >= 0.6 is 11.3 Å². The summed E-state index contributed by atoms with van der Waals surface area (Å²) in [5.74, 6) is 0.916. The number of thiazole rings is 1. The van der Waals surface area contributed by atoms with Gasteiger partial charge in [0.15, 0.2) is 4.96 Å². The summed E-state index contributed by atoms with van der Waals surface area (Å²) >= 11 is 1.70. The van der Waals surface area contributed by atoms with Crippen molar-refractivity contribution in [2.24, 2.45) is 0 Å². The Morgan fingerprint density at radius 3 is 2.78 bits per heavy atom. The van der Waals surface area contributed by atoms with E-state index >= 15 is 0 Å². The van der Waals surface area contributed by atoms with Gasteiger partial charge in [-0.25, -0.2) is 4.98 Å². The van der Waals surface area contributed by atoms with Gasteiger partial charge in [-0.1, -0.05) is 35.1 Å². The van der Waals surface area contributed by atoms with Crippen LogP contribution in [0.15, 0.2) is 42.6 Å². The highest BCUT2D eigenvalue weighted by Crippen LogP contribution is 2.32. The smallest absolute Gasteiger partial charge is 0.195 e. The zero-order valence-corrected chi connectivity index (χ0v) is 14.3. The lowest BCUT2D eigenvalue weighted by Crippen LogP contribution is -1.90. The van der Waals surface area contributed by atoms with Crippen LogP contribution in [-0.2, 0) is 0 Å². The molecule has 4 rings (SSSR count). The number of aryl methyl sites for hydroxylation is 2. The van der Waals surface area contributed by atoms with Gasteiger partial charge in [0, 0.05) is 11.8 Å². The van der Waals surface area contributed by atoms with Crippen LogP contribution in [0.4, 0.5) is 0 Å². The number of rotatable bonds is 3. The minimum atomic E-state index is 0.685. The van der Waals surface area contributed by atoms with Gasteiger partial charge in [0.25, 0.3) is 0 Å². The van der Waals surface area contributed by atoms with Gasteiger partial charge in [-0.15, -0.1) is 0 Å². The number of benzene rings is 2. The Balaban J connectivity index is 1.85. The molecule has 0 N–H and O–H groups in total. The summed E-state index contributed by atoms with van der Waals surface area (Å²) in [6.07, 6.45) is 2.13. The Kier molecular flexibility index (Phi) is 3.34. The molecule has 0 amide bonds. The van der Waals surface area contributed by atoms with E-state index < -0.39 is 0 Å². The van der Waals surface area contributed by atoms with E-state index in [1.54, 1.807) is 11.3 Å². The van der Waals surface area contributed by atoms with Crippen molar-refractivity contribution in [3.05, 3.63) is 53.7 Å². The molecule has 0 atom stereocenters. The van der Waals surface area contributed by atoms with Gasteiger partial charge in [-0.2, -0.15) is 0 Å². The van der Waals surface area contributed by atoms with Crippen molar-refractivity contribution in [3.8, 4) is 17.0 Å². The summed E-state index contributed by atoms with van der Waals surface area (Å²) in [7, 11) is 0. The van der Waals surface area contributed by atoms with Crippen LogP contribution in [-0.4, -0.2) is 16.0 Å². The molecule has 0 aliphatic carbocycles. The maximum atomic E-state index is 5.58. The summed E-state index contributed by atoms with van der Waals surface area (Å²) in [4.78, 5) is 5.84. The first-order chi connectivity index (χ1) is 11.2. The van der Waals surface area contributed by atoms with Crippen molar-refractivity contribution >= 4 is 26.5 Å².